The molecule has 0 N–H and O–H groups in total. The van der Waals surface area contributed by atoms with Crippen LogP contribution < -0.4 is 19.1 Å². The Morgan fingerprint density at radius 1 is 0.900 bits per heavy atom. The van der Waals surface area contributed by atoms with Crippen molar-refractivity contribution < 1.29 is 14.2 Å². The van der Waals surface area contributed by atoms with Crippen LogP contribution in [0.15, 0.2) is 36.4 Å². The summed E-state index contributed by atoms with van der Waals surface area (Å²) < 4.78 is 16.7. The fourth-order valence-electron chi connectivity index (χ4n) is 3.68. The Kier molecular flexibility index (Phi) is 8.52. The summed E-state index contributed by atoms with van der Waals surface area (Å²) in [6.07, 6.45) is 3.18. The van der Waals surface area contributed by atoms with E-state index in [2.05, 4.69) is 34.9 Å². The van der Waals surface area contributed by atoms with Gasteiger partial charge in [-0.15, -0.1) is 0 Å². The summed E-state index contributed by atoms with van der Waals surface area (Å²) in [5.41, 5.74) is 2.44. The Balaban J connectivity index is 1.49. The molecule has 2 aromatic carbocycles. The van der Waals surface area contributed by atoms with Crippen molar-refractivity contribution >= 4 is 17.3 Å². The lowest BCUT2D eigenvalue weighted by atomic mass is 10.1. The van der Waals surface area contributed by atoms with E-state index >= 15 is 0 Å². The van der Waals surface area contributed by atoms with E-state index in [0.717, 1.165) is 75.8 Å². The van der Waals surface area contributed by atoms with Crippen molar-refractivity contribution in [3.8, 4) is 17.2 Å². The van der Waals surface area contributed by atoms with E-state index in [-0.39, 0.29) is 0 Å². The highest BCUT2D eigenvalue weighted by molar-refractivity contribution is 6.32. The SMILES string of the molecule is CCCCOc1ccc(CCN2CCN(c3ccc(Cl)c(OC)c3)CC2)cc1OC. The summed E-state index contributed by atoms with van der Waals surface area (Å²) in [5, 5.41) is 0.650. The fraction of sp³-hybridized carbons (Fsp3) is 0.500. The molecule has 0 unspecified atom stereocenters. The van der Waals surface area contributed by atoms with Crippen molar-refractivity contribution in [2.45, 2.75) is 26.2 Å². The maximum atomic E-state index is 6.15. The molecule has 30 heavy (non-hydrogen) atoms. The van der Waals surface area contributed by atoms with Gasteiger partial charge in [-0.05, 0) is 42.7 Å². The predicted molar refractivity (Wildman–Crippen MR) is 124 cm³/mol. The zero-order valence-electron chi connectivity index (χ0n) is 18.3. The van der Waals surface area contributed by atoms with E-state index in [9.17, 15) is 0 Å². The third kappa shape index (κ3) is 5.96. The molecule has 3 rings (SSSR count). The molecular formula is C24H33ClN2O3. The van der Waals surface area contributed by atoms with Gasteiger partial charge in [-0.3, -0.25) is 4.90 Å². The topological polar surface area (TPSA) is 34.2 Å². The normalized spacial score (nSPS) is 14.6. The molecule has 0 atom stereocenters. The molecule has 0 aromatic heterocycles. The molecule has 6 heteroatoms. The maximum absolute atomic E-state index is 6.15. The molecule has 164 valence electrons. The molecule has 2 aromatic rings. The van der Waals surface area contributed by atoms with Gasteiger partial charge in [0.25, 0.3) is 0 Å². The predicted octanol–water partition coefficient (Wildman–Crippen LogP) is 4.90. The van der Waals surface area contributed by atoms with Gasteiger partial charge in [0.1, 0.15) is 5.75 Å². The van der Waals surface area contributed by atoms with Crippen molar-refractivity contribution in [1.29, 1.82) is 0 Å². The first-order valence-corrected chi connectivity index (χ1v) is 11.1. The lowest BCUT2D eigenvalue weighted by Gasteiger charge is -2.36. The summed E-state index contributed by atoms with van der Waals surface area (Å²) in [7, 11) is 3.36. The molecule has 1 heterocycles. The van der Waals surface area contributed by atoms with Crippen LogP contribution in [0.2, 0.25) is 5.02 Å². The van der Waals surface area contributed by atoms with Gasteiger partial charge < -0.3 is 19.1 Å². The van der Waals surface area contributed by atoms with E-state index in [1.54, 1.807) is 14.2 Å². The van der Waals surface area contributed by atoms with Gasteiger partial charge in [0, 0.05) is 44.5 Å². The van der Waals surface area contributed by atoms with Gasteiger partial charge >= 0.3 is 0 Å². The minimum Gasteiger partial charge on any atom is -0.495 e. The van der Waals surface area contributed by atoms with Gasteiger partial charge in [-0.1, -0.05) is 31.0 Å². The zero-order valence-corrected chi connectivity index (χ0v) is 19.1. The second kappa shape index (κ2) is 11.3. The summed E-state index contributed by atoms with van der Waals surface area (Å²) in [4.78, 5) is 4.91. The number of ether oxygens (including phenoxy) is 3. The molecule has 0 saturated carbocycles. The van der Waals surface area contributed by atoms with Crippen LogP contribution in [0.25, 0.3) is 0 Å². The van der Waals surface area contributed by atoms with Crippen molar-refractivity contribution in [3.63, 3.8) is 0 Å². The second-order valence-electron chi connectivity index (χ2n) is 7.58. The number of rotatable bonds is 10. The van der Waals surface area contributed by atoms with Crippen LogP contribution >= 0.6 is 11.6 Å². The number of unbranched alkanes of at least 4 members (excludes halogenated alkanes) is 1. The Hall–Kier alpha value is -2.11. The molecule has 0 amide bonds. The number of methoxy groups -OCH3 is 2. The van der Waals surface area contributed by atoms with Gasteiger partial charge in [-0.25, -0.2) is 0 Å². The van der Waals surface area contributed by atoms with E-state index in [0.29, 0.717) is 5.02 Å². The van der Waals surface area contributed by atoms with Gasteiger partial charge in [0.15, 0.2) is 11.5 Å². The van der Waals surface area contributed by atoms with E-state index in [1.165, 1.54) is 11.3 Å². The number of anilines is 1. The molecule has 0 radical (unpaired) electrons. The lowest BCUT2D eigenvalue weighted by molar-refractivity contribution is 0.260. The number of piperazine rings is 1. The highest BCUT2D eigenvalue weighted by Gasteiger charge is 2.18. The minimum atomic E-state index is 0.650. The first-order chi connectivity index (χ1) is 14.6. The van der Waals surface area contributed by atoms with Crippen molar-refractivity contribution in [2.24, 2.45) is 0 Å². The number of benzene rings is 2. The largest absolute Gasteiger partial charge is 0.495 e. The molecule has 0 bridgehead atoms. The fourth-order valence-corrected chi connectivity index (χ4v) is 3.87. The van der Waals surface area contributed by atoms with E-state index in [1.807, 2.05) is 18.2 Å². The standard InChI is InChI=1S/C24H33ClN2O3/c1-4-5-16-30-22-9-6-19(17-24(22)29-3)10-11-26-12-14-27(15-13-26)20-7-8-21(25)23(18-20)28-2/h6-9,17-18H,4-5,10-16H2,1-3H3. The average Bonchev–Trinajstić information content (AvgIpc) is 2.79. The molecule has 1 aliphatic rings. The van der Waals surface area contributed by atoms with Crippen LogP contribution in [0, 0.1) is 0 Å². The van der Waals surface area contributed by atoms with E-state index < -0.39 is 0 Å². The summed E-state index contributed by atoms with van der Waals surface area (Å²) in [5.74, 6) is 2.39. The third-order valence-corrected chi connectivity index (χ3v) is 5.88. The average molecular weight is 433 g/mol. The molecule has 5 nitrogen and oxygen atoms in total. The van der Waals surface area contributed by atoms with Crippen LogP contribution in [-0.4, -0.2) is 58.5 Å². The van der Waals surface area contributed by atoms with Crippen molar-refractivity contribution in [2.75, 3.05) is 58.5 Å². The molecule has 1 aliphatic heterocycles. The maximum Gasteiger partial charge on any atom is 0.161 e. The lowest BCUT2D eigenvalue weighted by Crippen LogP contribution is -2.47. The Morgan fingerprint density at radius 2 is 1.67 bits per heavy atom. The number of halogens is 1. The quantitative estimate of drug-likeness (QED) is 0.499. The molecule has 0 spiro atoms. The van der Waals surface area contributed by atoms with Gasteiger partial charge in [0.05, 0.1) is 25.8 Å². The van der Waals surface area contributed by atoms with Crippen molar-refractivity contribution in [1.82, 2.24) is 4.90 Å². The Labute approximate surface area is 185 Å². The summed E-state index contributed by atoms with van der Waals surface area (Å²) >= 11 is 6.15. The molecular weight excluding hydrogens is 400 g/mol. The summed E-state index contributed by atoms with van der Waals surface area (Å²) in [6.45, 7) is 8.01. The van der Waals surface area contributed by atoms with Crippen molar-refractivity contribution in [3.05, 3.63) is 47.0 Å². The molecule has 1 fully saturated rings. The van der Waals surface area contributed by atoms with Crippen LogP contribution in [0.3, 0.4) is 0 Å². The first kappa shape index (κ1) is 22.6. The minimum absolute atomic E-state index is 0.650. The molecule has 1 saturated heterocycles. The third-order valence-electron chi connectivity index (χ3n) is 5.57. The second-order valence-corrected chi connectivity index (χ2v) is 7.99. The number of hydrogen-bond donors (Lipinski definition) is 0. The van der Waals surface area contributed by atoms with Crippen LogP contribution in [-0.2, 0) is 6.42 Å². The van der Waals surface area contributed by atoms with Crippen LogP contribution in [0.1, 0.15) is 25.3 Å². The monoisotopic (exact) mass is 432 g/mol. The van der Waals surface area contributed by atoms with Gasteiger partial charge in [0.2, 0.25) is 0 Å². The smallest absolute Gasteiger partial charge is 0.161 e. The first-order valence-electron chi connectivity index (χ1n) is 10.7. The number of hydrogen-bond acceptors (Lipinski definition) is 5. The van der Waals surface area contributed by atoms with Gasteiger partial charge in [-0.2, -0.15) is 0 Å². The molecule has 0 aliphatic carbocycles. The Bertz CT molecular complexity index is 807. The number of nitrogens with zero attached hydrogens (tertiary/aromatic N) is 2. The summed E-state index contributed by atoms with van der Waals surface area (Å²) in [6, 6.07) is 12.3. The highest BCUT2D eigenvalue weighted by Crippen LogP contribution is 2.30. The van der Waals surface area contributed by atoms with Crippen LogP contribution in [0.4, 0.5) is 5.69 Å². The highest BCUT2D eigenvalue weighted by atomic mass is 35.5. The zero-order chi connectivity index (χ0) is 21.3. The van der Waals surface area contributed by atoms with E-state index in [4.69, 9.17) is 25.8 Å². The Morgan fingerprint density at radius 3 is 2.37 bits per heavy atom. The van der Waals surface area contributed by atoms with Crippen LogP contribution in [0.5, 0.6) is 17.2 Å².